The van der Waals surface area contributed by atoms with E-state index in [1.165, 1.54) is 21.9 Å². The van der Waals surface area contributed by atoms with Gasteiger partial charge in [0.15, 0.2) is 0 Å². The van der Waals surface area contributed by atoms with E-state index >= 15 is 0 Å². The summed E-state index contributed by atoms with van der Waals surface area (Å²) < 4.78 is 0. The molecule has 2 aromatic carbocycles. The van der Waals surface area contributed by atoms with Crippen LogP contribution < -0.4 is 0 Å². The predicted molar refractivity (Wildman–Crippen MR) is 77.9 cm³/mol. The lowest BCUT2D eigenvalue weighted by Crippen LogP contribution is -1.76. The Labute approximate surface area is 103 Å². The molecule has 84 valence electrons. The van der Waals surface area contributed by atoms with Gasteiger partial charge in [0.1, 0.15) is 0 Å². The van der Waals surface area contributed by atoms with E-state index < -0.39 is 0 Å². The van der Waals surface area contributed by atoms with E-state index in [9.17, 15) is 0 Å². The summed E-state index contributed by atoms with van der Waals surface area (Å²) in [7, 11) is 0. The minimum absolute atomic E-state index is 1.34. The van der Waals surface area contributed by atoms with Gasteiger partial charge in [0.2, 0.25) is 0 Å². The van der Waals surface area contributed by atoms with Crippen LogP contribution in [0.3, 0.4) is 0 Å². The lowest BCUT2D eigenvalue weighted by atomic mass is 10.0. The third kappa shape index (κ3) is 2.36. The molecule has 0 heterocycles. The van der Waals surface area contributed by atoms with Crippen LogP contribution >= 0.6 is 0 Å². The van der Waals surface area contributed by atoms with Gasteiger partial charge in [-0.25, -0.2) is 0 Å². The second-order valence-corrected chi connectivity index (χ2v) is 3.89. The fraction of sp³-hybridized carbons (Fsp3) is 0.0588. The summed E-state index contributed by atoms with van der Waals surface area (Å²) in [6, 6.07) is 12.9. The Balaban J connectivity index is 0.000000188. The van der Waals surface area contributed by atoms with E-state index in [1.54, 1.807) is 6.08 Å². The van der Waals surface area contributed by atoms with Gasteiger partial charge in [-0.15, -0.1) is 0 Å². The van der Waals surface area contributed by atoms with Gasteiger partial charge in [-0.05, 0) is 28.8 Å². The summed E-state index contributed by atoms with van der Waals surface area (Å²) in [6.45, 7) is 5.42. The van der Waals surface area contributed by atoms with Crippen molar-refractivity contribution in [1.29, 1.82) is 0 Å². The fourth-order valence-electron chi connectivity index (χ4n) is 1.99. The summed E-state index contributed by atoms with van der Waals surface area (Å²) in [5, 5.41) is 2.75. The van der Waals surface area contributed by atoms with Gasteiger partial charge in [0.25, 0.3) is 0 Å². The van der Waals surface area contributed by atoms with Crippen molar-refractivity contribution in [2.75, 3.05) is 0 Å². The van der Waals surface area contributed by atoms with Gasteiger partial charge in [-0.2, -0.15) is 0 Å². The summed E-state index contributed by atoms with van der Waals surface area (Å²) in [6.07, 6.45) is 9.93. The van der Waals surface area contributed by atoms with E-state index in [0.717, 1.165) is 0 Å². The zero-order valence-electron chi connectivity index (χ0n) is 10.1. The number of hydrogen-bond donors (Lipinski definition) is 0. The topological polar surface area (TPSA) is 0 Å². The first-order valence-electron chi connectivity index (χ1n) is 5.80. The molecule has 0 radical (unpaired) electrons. The maximum Gasteiger partial charge on any atom is -0.00389 e. The predicted octanol–water partition coefficient (Wildman–Crippen LogP) is 5.07. The molecule has 3 rings (SSSR count). The molecule has 0 N–H and O–H groups in total. The molecule has 0 aliphatic heterocycles. The highest BCUT2D eigenvalue weighted by atomic mass is 14.1. The highest BCUT2D eigenvalue weighted by molar-refractivity contribution is 6.04. The maximum absolute atomic E-state index is 3.46. The molecule has 0 saturated carbocycles. The highest BCUT2D eigenvalue weighted by Gasteiger charge is 2.06. The molecule has 0 nitrogen and oxygen atoms in total. The number of hydrogen-bond acceptors (Lipinski definition) is 0. The molecular formula is C17H16. The molecule has 0 bridgehead atoms. The zero-order valence-corrected chi connectivity index (χ0v) is 10.1. The van der Waals surface area contributed by atoms with Crippen LogP contribution in [0.15, 0.2) is 61.2 Å². The van der Waals surface area contributed by atoms with Crippen LogP contribution in [0.4, 0.5) is 0 Å². The standard InChI is InChI=1S/C12H8.C5H8/c1-3-9-4-2-6-11-8-7-10(5-1)12(9)11;1-3-5-4-2/h1-8H;3-5H,1H2,2H3. The zero-order chi connectivity index (χ0) is 12.1. The van der Waals surface area contributed by atoms with Gasteiger partial charge in [-0.3, -0.25) is 0 Å². The molecule has 2 aromatic rings. The Bertz CT molecular complexity index is 545. The van der Waals surface area contributed by atoms with Crippen LogP contribution in [0.1, 0.15) is 18.1 Å². The molecule has 1 aliphatic carbocycles. The normalized spacial score (nSPS) is 11.6. The Kier molecular flexibility index (Phi) is 3.56. The van der Waals surface area contributed by atoms with Crippen molar-refractivity contribution in [1.82, 2.24) is 0 Å². The number of benzene rings is 2. The first kappa shape index (κ1) is 11.4. The molecule has 0 amide bonds. The molecular weight excluding hydrogens is 204 g/mol. The average molecular weight is 220 g/mol. The SMILES string of the molecule is C1=Cc2cccc3cccc1c23.C=CC=CC. The van der Waals surface area contributed by atoms with E-state index in [-0.39, 0.29) is 0 Å². The van der Waals surface area contributed by atoms with Gasteiger partial charge >= 0.3 is 0 Å². The van der Waals surface area contributed by atoms with Crippen LogP contribution in [0.5, 0.6) is 0 Å². The van der Waals surface area contributed by atoms with E-state index in [2.05, 4.69) is 55.1 Å². The number of rotatable bonds is 1. The molecule has 0 unspecified atom stereocenters. The Morgan fingerprint density at radius 3 is 1.94 bits per heavy atom. The molecule has 0 saturated heterocycles. The monoisotopic (exact) mass is 220 g/mol. The van der Waals surface area contributed by atoms with Crippen molar-refractivity contribution >= 4 is 22.9 Å². The van der Waals surface area contributed by atoms with Gasteiger partial charge in [0, 0.05) is 0 Å². The fourth-order valence-corrected chi connectivity index (χ4v) is 1.99. The summed E-state index contributed by atoms with van der Waals surface area (Å²) in [5.74, 6) is 0. The molecule has 0 fully saturated rings. The van der Waals surface area contributed by atoms with Crippen LogP contribution in [0.25, 0.3) is 22.9 Å². The second kappa shape index (κ2) is 5.31. The smallest absolute Gasteiger partial charge is 0.00389 e. The molecule has 17 heavy (non-hydrogen) atoms. The third-order valence-corrected chi connectivity index (χ3v) is 2.74. The second-order valence-electron chi connectivity index (χ2n) is 3.89. The van der Waals surface area contributed by atoms with Gasteiger partial charge in [-0.1, -0.05) is 73.4 Å². The van der Waals surface area contributed by atoms with E-state index in [0.29, 0.717) is 0 Å². The third-order valence-electron chi connectivity index (χ3n) is 2.74. The van der Waals surface area contributed by atoms with Crippen LogP contribution in [0, 0.1) is 0 Å². The van der Waals surface area contributed by atoms with Crippen molar-refractivity contribution < 1.29 is 0 Å². The van der Waals surface area contributed by atoms with Crippen molar-refractivity contribution in [2.45, 2.75) is 6.92 Å². The molecule has 1 aliphatic rings. The van der Waals surface area contributed by atoms with Crippen molar-refractivity contribution in [2.24, 2.45) is 0 Å². The Morgan fingerprint density at radius 2 is 1.53 bits per heavy atom. The summed E-state index contributed by atoms with van der Waals surface area (Å²) in [5.41, 5.74) is 2.70. The minimum Gasteiger partial charge on any atom is -0.0991 e. The van der Waals surface area contributed by atoms with Crippen molar-refractivity contribution in [3.05, 3.63) is 72.3 Å². The van der Waals surface area contributed by atoms with E-state index in [1.807, 2.05) is 19.1 Å². The largest absolute Gasteiger partial charge is 0.0991 e. The Hall–Kier alpha value is -2.08. The van der Waals surface area contributed by atoms with Crippen molar-refractivity contribution in [3.8, 4) is 0 Å². The molecule has 0 heteroatoms. The molecule has 0 atom stereocenters. The summed E-state index contributed by atoms with van der Waals surface area (Å²) in [4.78, 5) is 0. The van der Waals surface area contributed by atoms with Gasteiger partial charge in [0.05, 0.1) is 0 Å². The first-order valence-corrected chi connectivity index (χ1v) is 5.80. The van der Waals surface area contributed by atoms with Crippen LogP contribution in [-0.4, -0.2) is 0 Å². The first-order chi connectivity index (χ1) is 8.36. The van der Waals surface area contributed by atoms with Gasteiger partial charge < -0.3 is 0 Å². The lowest BCUT2D eigenvalue weighted by Gasteiger charge is -1.99. The minimum atomic E-state index is 1.34. The van der Waals surface area contributed by atoms with E-state index in [4.69, 9.17) is 0 Å². The number of allylic oxidation sites excluding steroid dienone is 3. The lowest BCUT2D eigenvalue weighted by molar-refractivity contribution is 1.72. The quantitative estimate of drug-likeness (QED) is 0.502. The highest BCUT2D eigenvalue weighted by Crippen LogP contribution is 2.30. The Morgan fingerprint density at radius 1 is 0.941 bits per heavy atom. The average Bonchev–Trinajstić information content (AvgIpc) is 2.78. The summed E-state index contributed by atoms with van der Waals surface area (Å²) >= 11 is 0. The molecule has 0 spiro atoms. The van der Waals surface area contributed by atoms with Crippen LogP contribution in [0.2, 0.25) is 0 Å². The molecule has 0 aromatic heterocycles. The maximum atomic E-state index is 3.46. The van der Waals surface area contributed by atoms with Crippen LogP contribution in [-0.2, 0) is 0 Å². The van der Waals surface area contributed by atoms with Crippen molar-refractivity contribution in [3.63, 3.8) is 0 Å².